The Balaban J connectivity index is 1.86. The number of likely N-dealkylation sites (tertiary alicyclic amines) is 1. The van der Waals surface area contributed by atoms with Crippen LogP contribution in [0.3, 0.4) is 0 Å². The first kappa shape index (κ1) is 19.7. The molecule has 0 aliphatic carbocycles. The number of hydrogen-bond donors (Lipinski definition) is 2. The predicted molar refractivity (Wildman–Crippen MR) is 110 cm³/mol. The Kier molecular flexibility index (Phi) is 4.96. The van der Waals surface area contributed by atoms with E-state index in [9.17, 15) is 14.4 Å². The topological polar surface area (TPSA) is 78.5 Å². The van der Waals surface area contributed by atoms with E-state index in [0.717, 1.165) is 5.75 Å². The summed E-state index contributed by atoms with van der Waals surface area (Å²) in [6, 6.07) is 4.89. The molecule has 0 radical (unpaired) electrons. The van der Waals surface area contributed by atoms with Crippen LogP contribution in [0.2, 0.25) is 5.02 Å². The molecule has 3 aliphatic heterocycles. The first-order chi connectivity index (χ1) is 13.4. The molecule has 1 spiro atoms. The molecule has 1 aromatic carbocycles. The number of benzene rings is 1. The van der Waals surface area contributed by atoms with Crippen molar-refractivity contribution in [2.24, 2.45) is 11.8 Å². The van der Waals surface area contributed by atoms with Gasteiger partial charge in [0.1, 0.15) is 5.54 Å². The van der Waals surface area contributed by atoms with E-state index in [4.69, 9.17) is 11.6 Å². The lowest BCUT2D eigenvalue weighted by molar-refractivity contribution is -0.145. The van der Waals surface area contributed by atoms with Crippen molar-refractivity contribution in [3.8, 4) is 0 Å². The molecule has 4 rings (SSSR count). The maximum absolute atomic E-state index is 13.5. The van der Waals surface area contributed by atoms with Crippen LogP contribution in [0.5, 0.6) is 0 Å². The van der Waals surface area contributed by atoms with Gasteiger partial charge in [-0.25, -0.2) is 0 Å². The monoisotopic (exact) mass is 421 g/mol. The maximum atomic E-state index is 13.5. The summed E-state index contributed by atoms with van der Waals surface area (Å²) in [6.07, 6.45) is 3.40. The molecule has 28 heavy (non-hydrogen) atoms. The van der Waals surface area contributed by atoms with Crippen molar-refractivity contribution in [1.82, 2.24) is 10.2 Å². The maximum Gasteiger partial charge on any atom is 0.250 e. The van der Waals surface area contributed by atoms with Gasteiger partial charge in [0.15, 0.2) is 0 Å². The second-order valence-corrected chi connectivity index (χ2v) is 9.16. The molecule has 3 heterocycles. The Hall–Kier alpha value is -1.57. The number of halogens is 1. The summed E-state index contributed by atoms with van der Waals surface area (Å²) < 4.78 is 0. The van der Waals surface area contributed by atoms with Crippen LogP contribution in [0, 0.1) is 11.8 Å². The summed E-state index contributed by atoms with van der Waals surface area (Å²) in [5.41, 5.74) is -0.0462. The standard InChI is InChI=1S/C20H24ClN3O3S/c1-4-10(2)24-17(25)14-13(8-9-28-3)23-20(15(14)18(24)26)11-6-5-7-12(21)16(11)22-19(20)27/h5-7,10,13-15,23H,4,8-9H2,1-3H3,(H,22,27). The summed E-state index contributed by atoms with van der Waals surface area (Å²) in [7, 11) is 0. The van der Waals surface area contributed by atoms with Gasteiger partial charge in [-0.15, -0.1) is 0 Å². The summed E-state index contributed by atoms with van der Waals surface area (Å²) in [4.78, 5) is 41.4. The zero-order valence-corrected chi connectivity index (χ0v) is 17.7. The molecule has 3 amide bonds. The lowest BCUT2D eigenvalue weighted by Gasteiger charge is -2.31. The van der Waals surface area contributed by atoms with Gasteiger partial charge in [-0.2, -0.15) is 11.8 Å². The first-order valence-corrected chi connectivity index (χ1v) is 11.4. The molecule has 0 bridgehead atoms. The number of nitrogens with zero attached hydrogens (tertiary/aromatic N) is 1. The number of carbonyl (C=O) groups is 3. The van der Waals surface area contributed by atoms with Crippen LogP contribution in [0.15, 0.2) is 18.2 Å². The molecule has 6 nitrogen and oxygen atoms in total. The highest BCUT2D eigenvalue weighted by Crippen LogP contribution is 2.54. The molecule has 5 unspecified atom stereocenters. The smallest absolute Gasteiger partial charge is 0.250 e. The third kappa shape index (κ3) is 2.49. The number of amides is 3. The number of anilines is 1. The average molecular weight is 422 g/mol. The quantitative estimate of drug-likeness (QED) is 0.714. The second kappa shape index (κ2) is 7.04. The Morgan fingerprint density at radius 3 is 2.71 bits per heavy atom. The van der Waals surface area contributed by atoms with Crippen molar-refractivity contribution in [2.75, 3.05) is 17.3 Å². The summed E-state index contributed by atoms with van der Waals surface area (Å²) in [5.74, 6) is -1.17. The third-order valence-corrected chi connectivity index (χ3v) is 7.36. The Morgan fingerprint density at radius 1 is 1.29 bits per heavy atom. The van der Waals surface area contributed by atoms with Crippen LogP contribution >= 0.6 is 23.4 Å². The molecule has 2 fully saturated rings. The van der Waals surface area contributed by atoms with E-state index in [2.05, 4.69) is 10.6 Å². The normalized spacial score (nSPS) is 32.1. The zero-order valence-electron chi connectivity index (χ0n) is 16.1. The highest BCUT2D eigenvalue weighted by atomic mass is 35.5. The number of fused-ring (bicyclic) bond motifs is 4. The van der Waals surface area contributed by atoms with Gasteiger partial charge in [0.05, 0.1) is 22.5 Å². The number of carbonyl (C=O) groups excluding carboxylic acids is 3. The van der Waals surface area contributed by atoms with Gasteiger partial charge in [-0.3, -0.25) is 24.6 Å². The minimum atomic E-state index is -1.25. The summed E-state index contributed by atoms with van der Waals surface area (Å²) in [6.45, 7) is 3.84. The highest BCUT2D eigenvalue weighted by molar-refractivity contribution is 7.98. The van der Waals surface area contributed by atoms with Crippen LogP contribution in [0.25, 0.3) is 0 Å². The van der Waals surface area contributed by atoms with E-state index in [1.807, 2.05) is 26.2 Å². The molecule has 8 heteroatoms. The van der Waals surface area contributed by atoms with Gasteiger partial charge in [-0.05, 0) is 37.8 Å². The fourth-order valence-corrected chi connectivity index (χ4v) is 5.64. The zero-order chi connectivity index (χ0) is 20.2. The third-order valence-electron chi connectivity index (χ3n) is 6.40. The Labute approximate surface area is 173 Å². The van der Waals surface area contributed by atoms with E-state index >= 15 is 0 Å². The predicted octanol–water partition coefficient (Wildman–Crippen LogP) is 2.61. The van der Waals surface area contributed by atoms with Gasteiger partial charge >= 0.3 is 0 Å². The molecule has 2 saturated heterocycles. The lowest BCUT2D eigenvalue weighted by Crippen LogP contribution is -2.54. The average Bonchev–Trinajstić information content (AvgIpc) is 3.26. The first-order valence-electron chi connectivity index (χ1n) is 9.62. The second-order valence-electron chi connectivity index (χ2n) is 7.76. The SMILES string of the molecule is CCC(C)N1C(=O)C2C(CCSC)NC3(C(=O)Nc4c(Cl)cccc43)C2C1=O. The van der Waals surface area contributed by atoms with Gasteiger partial charge in [0, 0.05) is 17.6 Å². The Bertz CT molecular complexity index is 863. The largest absolute Gasteiger partial charge is 0.323 e. The van der Waals surface area contributed by atoms with Gasteiger partial charge in [0.25, 0.3) is 0 Å². The minimum absolute atomic E-state index is 0.164. The van der Waals surface area contributed by atoms with E-state index < -0.39 is 17.4 Å². The van der Waals surface area contributed by atoms with Gasteiger partial charge in [0.2, 0.25) is 17.7 Å². The van der Waals surface area contributed by atoms with Crippen LogP contribution in [-0.2, 0) is 19.9 Å². The molecule has 1 aromatic rings. The van der Waals surface area contributed by atoms with Crippen LogP contribution in [-0.4, -0.2) is 46.7 Å². The molecule has 5 atom stereocenters. The van der Waals surface area contributed by atoms with Crippen LogP contribution < -0.4 is 10.6 Å². The molecule has 0 aromatic heterocycles. The molecular weight excluding hydrogens is 398 g/mol. The minimum Gasteiger partial charge on any atom is -0.323 e. The Morgan fingerprint density at radius 2 is 2.04 bits per heavy atom. The van der Waals surface area contributed by atoms with Crippen molar-refractivity contribution < 1.29 is 14.4 Å². The molecule has 150 valence electrons. The number of rotatable bonds is 5. The van der Waals surface area contributed by atoms with Crippen LogP contribution in [0.4, 0.5) is 5.69 Å². The van der Waals surface area contributed by atoms with Gasteiger partial charge < -0.3 is 5.32 Å². The summed E-state index contributed by atoms with van der Waals surface area (Å²) >= 11 is 8.00. The lowest BCUT2D eigenvalue weighted by atomic mass is 9.76. The number of nitrogens with one attached hydrogen (secondary N) is 2. The van der Waals surface area contributed by atoms with Crippen molar-refractivity contribution in [2.45, 2.75) is 44.3 Å². The van der Waals surface area contributed by atoms with E-state index in [1.165, 1.54) is 4.90 Å². The highest BCUT2D eigenvalue weighted by Gasteiger charge is 2.70. The molecule has 3 aliphatic rings. The summed E-state index contributed by atoms with van der Waals surface area (Å²) in [5, 5.41) is 6.72. The number of imide groups is 1. The van der Waals surface area contributed by atoms with E-state index in [1.54, 1.807) is 23.9 Å². The molecular formula is C20H24ClN3O3S. The van der Waals surface area contributed by atoms with Crippen molar-refractivity contribution in [3.63, 3.8) is 0 Å². The van der Waals surface area contributed by atoms with Crippen LogP contribution in [0.1, 0.15) is 32.3 Å². The fraction of sp³-hybridized carbons (Fsp3) is 0.550. The number of para-hydroxylation sites is 1. The van der Waals surface area contributed by atoms with E-state index in [-0.39, 0.29) is 29.8 Å². The van der Waals surface area contributed by atoms with Crippen molar-refractivity contribution >= 4 is 46.8 Å². The van der Waals surface area contributed by atoms with Crippen molar-refractivity contribution in [3.05, 3.63) is 28.8 Å². The fourth-order valence-electron chi connectivity index (χ4n) is 4.93. The number of hydrogen-bond acceptors (Lipinski definition) is 5. The number of thioether (sulfide) groups is 1. The van der Waals surface area contributed by atoms with E-state index in [0.29, 0.717) is 29.1 Å². The molecule has 2 N–H and O–H groups in total. The van der Waals surface area contributed by atoms with Gasteiger partial charge in [-0.1, -0.05) is 30.7 Å². The molecule has 0 saturated carbocycles. The van der Waals surface area contributed by atoms with Crippen molar-refractivity contribution in [1.29, 1.82) is 0 Å².